The Bertz CT molecular complexity index is 1260. The first-order chi connectivity index (χ1) is 17.4. The molecule has 0 atom stereocenters. The molecular weight excluding hydrogens is 454 g/mol. The molecule has 186 valence electrons. The van der Waals surface area contributed by atoms with E-state index < -0.39 is 0 Å². The molecule has 2 N–H and O–H groups in total. The summed E-state index contributed by atoms with van der Waals surface area (Å²) in [5.74, 6) is 1.11. The number of rotatable bonds is 6. The Morgan fingerprint density at radius 2 is 1.83 bits per heavy atom. The Morgan fingerprint density at radius 1 is 1.11 bits per heavy atom. The lowest BCUT2D eigenvalue weighted by Crippen LogP contribution is -2.38. The molecule has 1 aliphatic heterocycles. The number of amides is 3. The molecule has 3 amide bonds. The van der Waals surface area contributed by atoms with Gasteiger partial charge in [0.05, 0.1) is 17.3 Å². The van der Waals surface area contributed by atoms with E-state index in [9.17, 15) is 9.59 Å². The van der Waals surface area contributed by atoms with Crippen LogP contribution in [0.5, 0.6) is 0 Å². The van der Waals surface area contributed by atoms with Crippen LogP contribution in [0.2, 0.25) is 0 Å². The zero-order chi connectivity index (χ0) is 25.7. The highest BCUT2D eigenvalue weighted by atomic mass is 16.5. The summed E-state index contributed by atoms with van der Waals surface area (Å²) in [6.45, 7) is 7.42. The molecule has 8 nitrogen and oxygen atoms in total. The molecule has 1 saturated heterocycles. The second-order valence-corrected chi connectivity index (χ2v) is 9.26. The van der Waals surface area contributed by atoms with Crippen molar-refractivity contribution < 1.29 is 14.1 Å². The molecule has 8 heteroatoms. The highest BCUT2D eigenvalue weighted by Gasteiger charge is 2.25. The van der Waals surface area contributed by atoms with Crippen molar-refractivity contribution in [3.63, 3.8) is 0 Å². The number of carbonyl (C=O) groups is 2. The van der Waals surface area contributed by atoms with Crippen molar-refractivity contribution in [3.8, 4) is 6.07 Å². The Kier molecular flexibility index (Phi) is 7.69. The number of nitrogens with zero attached hydrogens (tertiary/aromatic N) is 3. The Hall–Kier alpha value is -4.12. The van der Waals surface area contributed by atoms with Gasteiger partial charge in [0.2, 0.25) is 0 Å². The van der Waals surface area contributed by atoms with E-state index in [1.165, 1.54) is 5.56 Å². The third-order valence-electron chi connectivity index (χ3n) is 6.87. The monoisotopic (exact) mass is 485 g/mol. The Balaban J connectivity index is 1.32. The third-order valence-corrected chi connectivity index (χ3v) is 6.87. The summed E-state index contributed by atoms with van der Waals surface area (Å²) in [4.78, 5) is 27.5. The van der Waals surface area contributed by atoms with Gasteiger partial charge in [0.15, 0.2) is 0 Å². The molecular formula is C28H31N5O3. The minimum Gasteiger partial charge on any atom is -0.361 e. The Labute approximate surface area is 211 Å². The lowest BCUT2D eigenvalue weighted by atomic mass is 9.89. The number of carbonyl (C=O) groups excluding carboxylic acids is 2. The summed E-state index contributed by atoms with van der Waals surface area (Å²) < 4.78 is 5.16. The third kappa shape index (κ3) is 5.74. The van der Waals surface area contributed by atoms with E-state index in [0.717, 1.165) is 35.4 Å². The molecule has 36 heavy (non-hydrogen) atoms. The van der Waals surface area contributed by atoms with Crippen molar-refractivity contribution in [2.24, 2.45) is 0 Å². The highest BCUT2D eigenvalue weighted by molar-refractivity contribution is 5.97. The highest BCUT2D eigenvalue weighted by Crippen LogP contribution is 2.29. The first-order valence-electron chi connectivity index (χ1n) is 12.2. The number of aryl methyl sites for hydroxylation is 3. The number of benzene rings is 2. The summed E-state index contributed by atoms with van der Waals surface area (Å²) in [6.07, 6.45) is 2.38. The maximum absolute atomic E-state index is 13.2. The number of piperidine rings is 1. The number of aromatic nitrogens is 1. The van der Waals surface area contributed by atoms with Crippen molar-refractivity contribution in [2.75, 3.05) is 25.0 Å². The Morgan fingerprint density at radius 3 is 2.47 bits per heavy atom. The topological polar surface area (TPSA) is 111 Å². The van der Waals surface area contributed by atoms with Gasteiger partial charge in [-0.05, 0) is 81.3 Å². The summed E-state index contributed by atoms with van der Waals surface area (Å²) >= 11 is 0. The van der Waals surface area contributed by atoms with Crippen LogP contribution in [0.4, 0.5) is 10.5 Å². The molecule has 0 bridgehead atoms. The predicted octanol–water partition coefficient (Wildman–Crippen LogP) is 4.86. The standard InChI is InChI=1S/C28H31N5O3/c1-18-4-7-24(16-26(18)31-28(35)30-13-10-25-19(2)32-36-20(25)3)27(34)33-14-11-23(12-15-33)22-8-5-21(17-29)6-9-22/h4-9,16,23H,10-15H2,1-3H3,(H2,30,31,35). The van der Waals surface area contributed by atoms with E-state index in [-0.39, 0.29) is 11.9 Å². The molecule has 0 aliphatic carbocycles. The van der Waals surface area contributed by atoms with Crippen LogP contribution in [0.1, 0.15) is 62.8 Å². The van der Waals surface area contributed by atoms with E-state index in [0.29, 0.717) is 48.8 Å². The average molecular weight is 486 g/mol. The van der Waals surface area contributed by atoms with Crippen LogP contribution in [0.15, 0.2) is 47.0 Å². The first kappa shape index (κ1) is 25.0. The van der Waals surface area contributed by atoms with Crippen LogP contribution < -0.4 is 10.6 Å². The van der Waals surface area contributed by atoms with Gasteiger partial charge in [-0.25, -0.2) is 4.79 Å². The molecule has 0 spiro atoms. The normalized spacial score (nSPS) is 13.8. The predicted molar refractivity (Wildman–Crippen MR) is 137 cm³/mol. The summed E-state index contributed by atoms with van der Waals surface area (Å²) in [6, 6.07) is 15.0. The quantitative estimate of drug-likeness (QED) is 0.518. The molecule has 1 fully saturated rings. The van der Waals surface area contributed by atoms with Crippen LogP contribution in [-0.4, -0.2) is 41.6 Å². The zero-order valence-electron chi connectivity index (χ0n) is 20.9. The SMILES string of the molecule is Cc1ccc(C(=O)N2CCC(c3ccc(C#N)cc3)CC2)cc1NC(=O)NCCc1c(C)noc1C. The first-order valence-corrected chi connectivity index (χ1v) is 12.2. The number of nitriles is 1. The number of nitrogens with one attached hydrogen (secondary N) is 2. The largest absolute Gasteiger partial charge is 0.361 e. The molecule has 0 saturated carbocycles. The smallest absolute Gasteiger partial charge is 0.319 e. The van der Waals surface area contributed by atoms with Gasteiger partial charge in [-0.3, -0.25) is 4.79 Å². The van der Waals surface area contributed by atoms with Crippen LogP contribution >= 0.6 is 0 Å². The van der Waals surface area contributed by atoms with Crippen molar-refractivity contribution in [1.29, 1.82) is 5.26 Å². The van der Waals surface area contributed by atoms with Gasteiger partial charge in [0.1, 0.15) is 5.76 Å². The number of hydrogen-bond acceptors (Lipinski definition) is 5. The van der Waals surface area contributed by atoms with Gasteiger partial charge in [-0.15, -0.1) is 0 Å². The molecule has 3 aromatic rings. The van der Waals surface area contributed by atoms with E-state index in [4.69, 9.17) is 9.78 Å². The number of hydrogen-bond donors (Lipinski definition) is 2. The van der Waals surface area contributed by atoms with Gasteiger partial charge in [0, 0.05) is 36.4 Å². The number of anilines is 1. The van der Waals surface area contributed by atoms with Crippen molar-refractivity contribution in [2.45, 2.75) is 46.0 Å². The number of urea groups is 1. The van der Waals surface area contributed by atoms with E-state index in [1.54, 1.807) is 6.07 Å². The van der Waals surface area contributed by atoms with E-state index in [1.807, 2.05) is 62.1 Å². The maximum Gasteiger partial charge on any atom is 0.319 e. The minimum absolute atomic E-state index is 0.0323. The fourth-order valence-electron chi connectivity index (χ4n) is 4.64. The van der Waals surface area contributed by atoms with Crippen molar-refractivity contribution in [1.82, 2.24) is 15.4 Å². The molecule has 4 rings (SSSR count). The zero-order valence-corrected chi connectivity index (χ0v) is 20.9. The molecule has 2 aromatic carbocycles. The second-order valence-electron chi connectivity index (χ2n) is 9.26. The summed E-state index contributed by atoms with van der Waals surface area (Å²) in [5, 5.41) is 18.7. The molecule has 1 aromatic heterocycles. The fourth-order valence-corrected chi connectivity index (χ4v) is 4.64. The summed E-state index contributed by atoms with van der Waals surface area (Å²) in [5.41, 5.74) is 5.76. The van der Waals surface area contributed by atoms with Crippen LogP contribution in [-0.2, 0) is 6.42 Å². The van der Waals surface area contributed by atoms with Crippen molar-refractivity contribution in [3.05, 3.63) is 81.7 Å². The van der Waals surface area contributed by atoms with Crippen molar-refractivity contribution >= 4 is 17.6 Å². The molecule has 2 heterocycles. The summed E-state index contributed by atoms with van der Waals surface area (Å²) in [7, 11) is 0. The minimum atomic E-state index is -0.322. The second kappa shape index (κ2) is 11.1. The van der Waals surface area contributed by atoms with Gasteiger partial charge >= 0.3 is 6.03 Å². The van der Waals surface area contributed by atoms with Crippen LogP contribution in [0, 0.1) is 32.1 Å². The van der Waals surface area contributed by atoms with Gasteiger partial charge in [0.25, 0.3) is 5.91 Å². The van der Waals surface area contributed by atoms with E-state index in [2.05, 4.69) is 21.9 Å². The molecule has 0 unspecified atom stereocenters. The number of likely N-dealkylation sites (tertiary alicyclic amines) is 1. The maximum atomic E-state index is 13.2. The van der Waals surface area contributed by atoms with Crippen LogP contribution in [0.25, 0.3) is 0 Å². The van der Waals surface area contributed by atoms with Crippen LogP contribution in [0.3, 0.4) is 0 Å². The fraction of sp³-hybridized carbons (Fsp3) is 0.357. The van der Waals surface area contributed by atoms with Gasteiger partial charge in [-0.2, -0.15) is 5.26 Å². The van der Waals surface area contributed by atoms with E-state index >= 15 is 0 Å². The van der Waals surface area contributed by atoms with Gasteiger partial charge in [-0.1, -0.05) is 23.4 Å². The average Bonchev–Trinajstić information content (AvgIpc) is 3.22. The molecule has 1 aliphatic rings. The molecule has 0 radical (unpaired) electrons. The lowest BCUT2D eigenvalue weighted by Gasteiger charge is -2.32. The lowest BCUT2D eigenvalue weighted by molar-refractivity contribution is 0.0713. The van der Waals surface area contributed by atoms with Gasteiger partial charge < -0.3 is 20.1 Å².